The number of carbonyl (C=O) groups is 1. The van der Waals surface area contributed by atoms with Crippen molar-refractivity contribution in [2.75, 3.05) is 19.6 Å². The average Bonchev–Trinajstić information content (AvgIpc) is 2.41. The summed E-state index contributed by atoms with van der Waals surface area (Å²) in [5.74, 6) is 1.05. The number of carbonyl (C=O) groups excluding carboxylic acids is 1. The maximum atomic E-state index is 12.1. The lowest BCUT2D eigenvalue weighted by Crippen LogP contribution is -2.37. The Morgan fingerprint density at radius 3 is 3.05 bits per heavy atom. The van der Waals surface area contributed by atoms with Gasteiger partial charge in [0.2, 0.25) is 5.91 Å². The van der Waals surface area contributed by atoms with E-state index in [2.05, 4.69) is 22.8 Å². The SMILES string of the molecule is O=C(NCCC1CCCNC1)C1Cc2ccccc21. The predicted molar refractivity (Wildman–Crippen MR) is 76.1 cm³/mol. The van der Waals surface area contributed by atoms with Crippen LogP contribution in [0.1, 0.15) is 36.3 Å². The van der Waals surface area contributed by atoms with Gasteiger partial charge < -0.3 is 10.6 Å². The zero-order valence-electron chi connectivity index (χ0n) is 11.3. The highest BCUT2D eigenvalue weighted by molar-refractivity contribution is 5.86. The van der Waals surface area contributed by atoms with Crippen LogP contribution < -0.4 is 10.6 Å². The predicted octanol–water partition coefficient (Wildman–Crippen LogP) is 1.83. The lowest BCUT2D eigenvalue weighted by Gasteiger charge is -2.29. The third-order valence-corrected chi connectivity index (χ3v) is 4.42. The second-order valence-electron chi connectivity index (χ2n) is 5.75. The number of hydrogen-bond donors (Lipinski definition) is 2. The van der Waals surface area contributed by atoms with Crippen LogP contribution in [0.5, 0.6) is 0 Å². The molecule has 3 nitrogen and oxygen atoms in total. The second kappa shape index (κ2) is 5.74. The molecular weight excluding hydrogens is 236 g/mol. The Bertz CT molecular complexity index is 452. The third-order valence-electron chi connectivity index (χ3n) is 4.42. The monoisotopic (exact) mass is 258 g/mol. The molecule has 0 saturated carbocycles. The molecule has 1 aliphatic heterocycles. The zero-order chi connectivity index (χ0) is 13.1. The Hall–Kier alpha value is -1.35. The molecule has 1 aromatic carbocycles. The van der Waals surface area contributed by atoms with Crippen LogP contribution in [0.2, 0.25) is 0 Å². The molecule has 102 valence electrons. The summed E-state index contributed by atoms with van der Waals surface area (Å²) in [4.78, 5) is 12.1. The van der Waals surface area contributed by atoms with Crippen molar-refractivity contribution in [3.63, 3.8) is 0 Å². The second-order valence-corrected chi connectivity index (χ2v) is 5.75. The molecule has 3 rings (SSSR count). The number of piperidine rings is 1. The van der Waals surface area contributed by atoms with Gasteiger partial charge in [-0.05, 0) is 55.8 Å². The van der Waals surface area contributed by atoms with E-state index in [9.17, 15) is 4.79 Å². The van der Waals surface area contributed by atoms with Gasteiger partial charge in [-0.2, -0.15) is 0 Å². The van der Waals surface area contributed by atoms with Crippen molar-refractivity contribution in [2.24, 2.45) is 5.92 Å². The fourth-order valence-corrected chi connectivity index (χ4v) is 3.19. The molecule has 1 heterocycles. The van der Waals surface area contributed by atoms with Crippen LogP contribution in [-0.2, 0) is 11.2 Å². The van der Waals surface area contributed by atoms with Crippen LogP contribution in [-0.4, -0.2) is 25.5 Å². The van der Waals surface area contributed by atoms with Gasteiger partial charge in [-0.1, -0.05) is 24.3 Å². The van der Waals surface area contributed by atoms with Crippen LogP contribution in [0.4, 0.5) is 0 Å². The van der Waals surface area contributed by atoms with Crippen molar-refractivity contribution in [1.82, 2.24) is 10.6 Å². The summed E-state index contributed by atoms with van der Waals surface area (Å²) in [7, 11) is 0. The number of benzene rings is 1. The quantitative estimate of drug-likeness (QED) is 0.865. The fraction of sp³-hybridized carbons (Fsp3) is 0.562. The van der Waals surface area contributed by atoms with E-state index in [-0.39, 0.29) is 11.8 Å². The Balaban J connectivity index is 1.43. The Labute approximate surface area is 114 Å². The van der Waals surface area contributed by atoms with E-state index in [0.29, 0.717) is 0 Å². The molecule has 1 fully saturated rings. The summed E-state index contributed by atoms with van der Waals surface area (Å²) in [6.07, 6.45) is 4.59. The molecule has 1 saturated heterocycles. The molecular formula is C16H22N2O. The summed E-state index contributed by atoms with van der Waals surface area (Å²) in [6.45, 7) is 3.09. The number of fused-ring (bicyclic) bond motifs is 1. The molecule has 2 N–H and O–H groups in total. The standard InChI is InChI=1S/C16H22N2O/c19-16(15-10-13-5-1-2-6-14(13)15)18-9-7-12-4-3-8-17-11-12/h1-2,5-6,12,15,17H,3-4,7-11H2,(H,18,19). The number of rotatable bonds is 4. The Morgan fingerprint density at radius 2 is 2.26 bits per heavy atom. The molecule has 19 heavy (non-hydrogen) atoms. The topological polar surface area (TPSA) is 41.1 Å². The first-order valence-corrected chi connectivity index (χ1v) is 7.41. The smallest absolute Gasteiger partial charge is 0.227 e. The van der Waals surface area contributed by atoms with Crippen molar-refractivity contribution >= 4 is 5.91 Å². The number of amides is 1. The van der Waals surface area contributed by atoms with E-state index >= 15 is 0 Å². The van der Waals surface area contributed by atoms with Gasteiger partial charge >= 0.3 is 0 Å². The summed E-state index contributed by atoms with van der Waals surface area (Å²) < 4.78 is 0. The van der Waals surface area contributed by atoms with Crippen LogP contribution in [0.25, 0.3) is 0 Å². The maximum Gasteiger partial charge on any atom is 0.227 e. The first-order chi connectivity index (χ1) is 9.34. The minimum Gasteiger partial charge on any atom is -0.356 e. The maximum absolute atomic E-state index is 12.1. The van der Waals surface area contributed by atoms with Gasteiger partial charge in [-0.25, -0.2) is 0 Å². The molecule has 0 bridgehead atoms. The first kappa shape index (κ1) is 12.7. The van der Waals surface area contributed by atoms with E-state index in [1.54, 1.807) is 0 Å². The average molecular weight is 258 g/mol. The van der Waals surface area contributed by atoms with Gasteiger partial charge in [0, 0.05) is 6.54 Å². The van der Waals surface area contributed by atoms with Crippen molar-refractivity contribution in [2.45, 2.75) is 31.6 Å². The van der Waals surface area contributed by atoms with Crippen molar-refractivity contribution in [1.29, 1.82) is 0 Å². The normalized spacial score (nSPS) is 25.3. The summed E-state index contributed by atoms with van der Waals surface area (Å²) >= 11 is 0. The molecule has 3 heteroatoms. The van der Waals surface area contributed by atoms with E-state index in [1.165, 1.54) is 24.0 Å². The van der Waals surface area contributed by atoms with Gasteiger partial charge in [-0.3, -0.25) is 4.79 Å². The number of hydrogen-bond acceptors (Lipinski definition) is 2. The van der Waals surface area contributed by atoms with Crippen molar-refractivity contribution in [3.8, 4) is 0 Å². The van der Waals surface area contributed by atoms with Crippen LogP contribution in [0.15, 0.2) is 24.3 Å². The molecule has 1 aromatic rings. The molecule has 1 aliphatic carbocycles. The minimum atomic E-state index is 0.0979. The highest BCUT2D eigenvalue weighted by Crippen LogP contribution is 2.34. The van der Waals surface area contributed by atoms with E-state index in [4.69, 9.17) is 0 Å². The fourth-order valence-electron chi connectivity index (χ4n) is 3.19. The van der Waals surface area contributed by atoms with Gasteiger partial charge in [-0.15, -0.1) is 0 Å². The van der Waals surface area contributed by atoms with Crippen molar-refractivity contribution in [3.05, 3.63) is 35.4 Å². The van der Waals surface area contributed by atoms with E-state index in [0.717, 1.165) is 38.4 Å². The van der Waals surface area contributed by atoms with Gasteiger partial charge in [0.15, 0.2) is 0 Å². The first-order valence-electron chi connectivity index (χ1n) is 7.41. The Morgan fingerprint density at radius 1 is 1.37 bits per heavy atom. The molecule has 0 aromatic heterocycles. The summed E-state index contributed by atoms with van der Waals surface area (Å²) in [5, 5.41) is 6.52. The van der Waals surface area contributed by atoms with Crippen molar-refractivity contribution < 1.29 is 4.79 Å². The highest BCUT2D eigenvalue weighted by atomic mass is 16.1. The minimum absolute atomic E-state index is 0.0979. The van der Waals surface area contributed by atoms with Crippen LogP contribution in [0, 0.1) is 5.92 Å². The largest absolute Gasteiger partial charge is 0.356 e. The summed E-state index contributed by atoms with van der Waals surface area (Å²) in [5.41, 5.74) is 2.55. The highest BCUT2D eigenvalue weighted by Gasteiger charge is 2.31. The third kappa shape index (κ3) is 2.81. The number of nitrogens with one attached hydrogen (secondary N) is 2. The van der Waals surface area contributed by atoms with Crippen LogP contribution in [0.3, 0.4) is 0 Å². The molecule has 0 spiro atoms. The van der Waals surface area contributed by atoms with Gasteiger partial charge in [0.05, 0.1) is 5.92 Å². The van der Waals surface area contributed by atoms with Gasteiger partial charge in [0.25, 0.3) is 0 Å². The zero-order valence-corrected chi connectivity index (χ0v) is 11.3. The molecule has 1 amide bonds. The lowest BCUT2D eigenvalue weighted by atomic mass is 9.77. The van der Waals surface area contributed by atoms with E-state index < -0.39 is 0 Å². The molecule has 2 atom stereocenters. The summed E-state index contributed by atoms with van der Waals surface area (Å²) in [6, 6.07) is 8.26. The lowest BCUT2D eigenvalue weighted by molar-refractivity contribution is -0.123. The van der Waals surface area contributed by atoms with Crippen LogP contribution >= 0.6 is 0 Å². The molecule has 0 radical (unpaired) electrons. The molecule has 2 unspecified atom stereocenters. The Kier molecular flexibility index (Phi) is 3.83. The van der Waals surface area contributed by atoms with E-state index in [1.807, 2.05) is 12.1 Å². The molecule has 2 aliphatic rings. The van der Waals surface area contributed by atoms with Gasteiger partial charge in [0.1, 0.15) is 0 Å².